The number of aryl methyl sites for hydroxylation is 3. The zero-order chi connectivity index (χ0) is 81.8. The number of primary amides is 2. The van der Waals surface area contributed by atoms with Gasteiger partial charge in [0.05, 0.1) is 81.9 Å². The summed E-state index contributed by atoms with van der Waals surface area (Å²) in [6.07, 6.45) is 3.36. The maximum Gasteiger partial charge on any atom is 0.224 e. The Kier molecular flexibility index (Phi) is 33.7. The Labute approximate surface area is 704 Å². The van der Waals surface area contributed by atoms with E-state index in [0.717, 1.165) is 59.6 Å². The number of nitrogens with two attached hydrogens (primary N) is 7. The first-order valence-electron chi connectivity index (χ1n) is 33.6. The van der Waals surface area contributed by atoms with E-state index >= 15 is 0 Å². The van der Waals surface area contributed by atoms with Crippen molar-refractivity contribution < 1.29 is 33.3 Å². The lowest BCUT2D eigenvalue weighted by Crippen LogP contribution is -2.19. The van der Waals surface area contributed by atoms with E-state index in [1.54, 1.807) is 55.5 Å². The molecule has 5 aromatic heterocycles. The van der Waals surface area contributed by atoms with E-state index in [1.165, 1.54) is 30.6 Å². The van der Waals surface area contributed by atoms with Gasteiger partial charge in [0.2, 0.25) is 41.6 Å². The van der Waals surface area contributed by atoms with E-state index in [-0.39, 0.29) is 41.6 Å². The average molecular weight is 1770 g/mol. The van der Waals surface area contributed by atoms with Gasteiger partial charge in [-0.1, -0.05) is 140 Å². The van der Waals surface area contributed by atoms with Crippen LogP contribution in [0.15, 0.2) is 71.0 Å². The monoisotopic (exact) mass is 1760 g/mol. The molecule has 29 nitrogen and oxygen atoms in total. The van der Waals surface area contributed by atoms with E-state index in [4.69, 9.17) is 180 Å². The maximum atomic E-state index is 10.8. The molecule has 0 unspecified atom stereocenters. The van der Waals surface area contributed by atoms with Gasteiger partial charge in [-0.2, -0.15) is 29.9 Å². The number of likely N-dealkylation sites (N-methyl/N-ethyl adjacent to an activating group) is 2. The third-order valence-electron chi connectivity index (χ3n) is 15.2. The Morgan fingerprint density at radius 1 is 0.429 bits per heavy atom. The molecule has 10 aromatic rings. The number of rotatable bonds is 24. The number of hydrogen-bond acceptors (Lipinski definition) is 29. The minimum atomic E-state index is -0.341. The molecule has 2 amide bonds. The van der Waals surface area contributed by atoms with Crippen molar-refractivity contribution in [3.05, 3.63) is 139 Å². The lowest BCUT2D eigenvalue weighted by molar-refractivity contribution is -0.118. The highest BCUT2D eigenvalue weighted by molar-refractivity contribution is 7.99. The number of halogens is 10. The summed E-state index contributed by atoms with van der Waals surface area (Å²) in [6, 6.07) is 16.9. The SMILES string of the molecule is CN(C)CCOc1cc(-c2nc(N)nc(SCCCC(N)=O)n2)c(Cl)cc1Cl.COc1cc(-c2nc(N)nc(SCCCC(N)=O)n2)c(Cl)cc1Cl.Cc1cc(-c2c(Cl)cc(Cl)c3c2CCO3)nc(N)n1.Cc1cc(-c2c(Cl)cc(Cl)c3c2CCO3)nc(N)n1.Cc1nc(N)nc(-c2cc(OCCN(C)C)c(Cl)cc2Cl)n1. The lowest BCUT2D eigenvalue weighted by atomic mass is 10.0. The van der Waals surface area contributed by atoms with Gasteiger partial charge in [-0.25, -0.2) is 34.9 Å². The van der Waals surface area contributed by atoms with Crippen LogP contribution >= 0.6 is 140 Å². The molecular weight excluding hydrogens is 1690 g/mol. The molecule has 0 spiro atoms. The zero-order valence-corrected chi connectivity index (χ0v) is 70.6. The summed E-state index contributed by atoms with van der Waals surface area (Å²) in [6.45, 7) is 9.14. The van der Waals surface area contributed by atoms with Gasteiger partial charge in [-0.15, -0.1) is 0 Å². The molecule has 0 radical (unpaired) electrons. The minimum Gasteiger partial charge on any atom is -0.495 e. The molecule has 0 bridgehead atoms. The predicted molar refractivity (Wildman–Crippen MR) is 448 cm³/mol. The number of amides is 2. The molecule has 14 N–H and O–H groups in total. The predicted octanol–water partition coefficient (Wildman–Crippen LogP) is 14.7. The molecule has 0 saturated carbocycles. The maximum absolute atomic E-state index is 10.8. The fourth-order valence-corrected chi connectivity index (χ4v) is 14.8. The highest BCUT2D eigenvalue weighted by Gasteiger charge is 2.27. The van der Waals surface area contributed by atoms with Crippen LogP contribution in [0.3, 0.4) is 0 Å². The largest absolute Gasteiger partial charge is 0.495 e. The molecule has 2 aliphatic heterocycles. The number of benzene rings is 5. The number of hydrogen-bond donors (Lipinski definition) is 7. The number of carbonyl (C=O) groups excluding carboxylic acids is 2. The number of nitrogens with zero attached hydrogens (tertiary/aromatic N) is 15. The van der Waals surface area contributed by atoms with Crippen molar-refractivity contribution >= 4 is 181 Å². The van der Waals surface area contributed by atoms with Gasteiger partial charge in [0.25, 0.3) is 0 Å². The molecular formula is C71H76Cl10N22O7S2. The van der Waals surface area contributed by atoms with Crippen molar-refractivity contribution in [2.24, 2.45) is 11.5 Å². The summed E-state index contributed by atoms with van der Waals surface area (Å²) in [5.41, 5.74) is 47.2. The second-order valence-electron chi connectivity index (χ2n) is 24.5. The summed E-state index contributed by atoms with van der Waals surface area (Å²) >= 11 is 64.8. The van der Waals surface area contributed by atoms with Crippen LogP contribution in [-0.4, -0.2) is 173 Å². The number of methoxy groups -OCH3 is 1. The van der Waals surface area contributed by atoms with Crippen molar-refractivity contribution in [1.29, 1.82) is 0 Å². The van der Waals surface area contributed by atoms with Crippen molar-refractivity contribution in [2.45, 2.75) is 69.6 Å². The van der Waals surface area contributed by atoms with Crippen molar-refractivity contribution in [3.63, 3.8) is 0 Å². The average Bonchev–Trinajstić information content (AvgIpc) is 1.55. The number of ether oxygens (including phenoxy) is 5. The van der Waals surface area contributed by atoms with E-state index in [0.29, 0.717) is 204 Å². The molecule has 0 saturated heterocycles. The molecule has 12 rings (SSSR count). The Morgan fingerprint density at radius 2 is 0.777 bits per heavy atom. The molecule has 0 atom stereocenters. The molecule has 112 heavy (non-hydrogen) atoms. The number of aromatic nitrogens is 13. The third kappa shape index (κ3) is 25.9. The zero-order valence-electron chi connectivity index (χ0n) is 61.4. The Balaban J connectivity index is 0.000000177. The van der Waals surface area contributed by atoms with Crippen LogP contribution < -0.4 is 63.8 Å². The van der Waals surface area contributed by atoms with Crippen molar-refractivity contribution in [2.75, 3.05) is 115 Å². The second kappa shape index (κ2) is 42.2. The molecule has 2 aliphatic rings. The Morgan fingerprint density at radius 3 is 1.13 bits per heavy atom. The number of carbonyl (C=O) groups is 2. The summed E-state index contributed by atoms with van der Waals surface area (Å²) < 4.78 is 27.7. The number of anilines is 5. The Bertz CT molecular complexity index is 4870. The standard InChI is InChI=1S/C17H22Cl2N6O2S.C14H15Cl2N5O2S.C14H17Cl2N5O.2C13H11Cl2N3O/c1-25(2)5-6-27-13-8-10(11(18)9-12(13)19)15-22-16(21)24-17(23-15)28-7-3-4-14(20)26;1-23-10-5-7(8(15)6-9(10)16)12-19-13(18)21-14(20-12)24-4-2-3-11(17)22;1-8-18-13(20-14(17)19-8)9-6-12(11(16)7-10(9)15)22-5-4-21(2)3;2*1-6-4-10(18-13(16)17-6)11-7-2-3-19-12(7)9(15)5-8(11)14/h8-9H,3-7H2,1-2H3,(H2,20,26)(H2,21,22,23,24);5-6H,2-4H2,1H3,(H2,17,22)(H2,18,19,20,21);6-7H,4-5H2,1-3H3,(H2,17,18,19,20);2*4-5H,2-3H2,1H3,(H2,16,17,18). The summed E-state index contributed by atoms with van der Waals surface area (Å²) in [5.74, 6) is 5.71. The van der Waals surface area contributed by atoms with Crippen LogP contribution in [0, 0.1) is 20.8 Å². The van der Waals surface area contributed by atoms with Crippen LogP contribution in [0.4, 0.5) is 29.7 Å². The first-order valence-corrected chi connectivity index (χ1v) is 39.3. The van der Waals surface area contributed by atoms with Crippen LogP contribution in [0.5, 0.6) is 28.7 Å². The van der Waals surface area contributed by atoms with Gasteiger partial charge in [0, 0.05) is 101 Å². The van der Waals surface area contributed by atoms with E-state index < -0.39 is 0 Å². The minimum absolute atomic E-state index is 0.0717. The fraction of sp³-hybridized carbons (Fsp3) is 0.310. The molecule has 7 heterocycles. The topological polar surface area (TPSA) is 436 Å². The van der Waals surface area contributed by atoms with Crippen LogP contribution in [0.1, 0.15) is 54.0 Å². The van der Waals surface area contributed by atoms with E-state index in [9.17, 15) is 9.59 Å². The molecule has 594 valence electrons. The summed E-state index contributed by atoms with van der Waals surface area (Å²) in [4.78, 5) is 79.8. The second-order valence-corrected chi connectivity index (χ2v) is 30.7. The number of thioether (sulfide) groups is 2. The van der Waals surface area contributed by atoms with Gasteiger partial charge < -0.3 is 73.6 Å². The lowest BCUT2D eigenvalue weighted by Gasteiger charge is -2.14. The van der Waals surface area contributed by atoms with Crippen LogP contribution in [-0.2, 0) is 22.4 Å². The highest BCUT2D eigenvalue weighted by atomic mass is 35.5. The molecule has 0 aliphatic carbocycles. The van der Waals surface area contributed by atoms with Crippen LogP contribution in [0.25, 0.3) is 56.7 Å². The Hall–Kier alpha value is -8.25. The molecule has 5 aromatic carbocycles. The fourth-order valence-electron chi connectivity index (χ4n) is 10.3. The van der Waals surface area contributed by atoms with Gasteiger partial charge >= 0.3 is 0 Å². The van der Waals surface area contributed by atoms with Gasteiger partial charge in [0.15, 0.2) is 27.8 Å². The first-order chi connectivity index (χ1) is 53.1. The van der Waals surface area contributed by atoms with Crippen LogP contribution in [0.2, 0.25) is 50.2 Å². The summed E-state index contributed by atoms with van der Waals surface area (Å²) in [7, 11) is 9.34. The van der Waals surface area contributed by atoms with Gasteiger partial charge in [-0.05, 0) is 122 Å². The van der Waals surface area contributed by atoms with Crippen molar-refractivity contribution in [3.8, 4) is 85.4 Å². The van der Waals surface area contributed by atoms with Gasteiger partial charge in [-0.3, -0.25) is 9.59 Å². The highest BCUT2D eigenvalue weighted by Crippen LogP contribution is 2.47. The number of fused-ring (bicyclic) bond motifs is 2. The van der Waals surface area contributed by atoms with Crippen molar-refractivity contribution in [1.82, 2.24) is 74.6 Å². The van der Waals surface area contributed by atoms with Gasteiger partial charge in [0.1, 0.15) is 47.8 Å². The number of nitrogen functional groups attached to an aromatic ring is 5. The smallest absolute Gasteiger partial charge is 0.224 e. The normalized spacial score (nSPS) is 11.7. The third-order valence-corrected chi connectivity index (χ3v) is 20.1. The van der Waals surface area contributed by atoms with E-state index in [1.807, 2.05) is 64.0 Å². The molecule has 0 fully saturated rings. The molecule has 41 heteroatoms. The first kappa shape index (κ1) is 89.3. The summed E-state index contributed by atoms with van der Waals surface area (Å²) in [5, 5.41) is 5.42. The van der Waals surface area contributed by atoms with E-state index in [2.05, 4.69) is 64.8 Å². The quantitative estimate of drug-likeness (QED) is 0.0218.